The number of benzene rings is 1. The number of carbonyl (C=O) groups is 1. The molecule has 2 heterocycles. The van der Waals surface area contributed by atoms with Gasteiger partial charge in [-0.2, -0.15) is 0 Å². The summed E-state index contributed by atoms with van der Waals surface area (Å²) >= 11 is 0. The smallest absolute Gasteiger partial charge is 0.270 e. The molecule has 0 saturated heterocycles. The third-order valence-electron chi connectivity index (χ3n) is 3.62. The van der Waals surface area contributed by atoms with Crippen LogP contribution in [0.4, 0.5) is 0 Å². The summed E-state index contributed by atoms with van der Waals surface area (Å²) in [6, 6.07) is 7.32. The number of aromatic nitrogens is 4. The number of imidazole rings is 1. The Bertz CT molecular complexity index is 897. The van der Waals surface area contributed by atoms with E-state index in [9.17, 15) is 9.59 Å². The van der Waals surface area contributed by atoms with E-state index in [4.69, 9.17) is 0 Å². The maximum atomic E-state index is 12.0. The topological polar surface area (TPSA) is 92.7 Å². The lowest BCUT2D eigenvalue weighted by atomic mass is 10.2. The van der Waals surface area contributed by atoms with Gasteiger partial charge in [0.15, 0.2) is 0 Å². The van der Waals surface area contributed by atoms with Crippen LogP contribution in [0.2, 0.25) is 0 Å². The third-order valence-corrected chi connectivity index (χ3v) is 3.62. The van der Waals surface area contributed by atoms with Gasteiger partial charge < -0.3 is 14.9 Å². The largest absolute Gasteiger partial charge is 0.349 e. The monoisotopic (exact) mass is 311 g/mol. The number of hydrogen-bond acceptors (Lipinski definition) is 4. The number of hydrogen-bond donors (Lipinski definition) is 2. The van der Waals surface area contributed by atoms with Gasteiger partial charge in [0.25, 0.3) is 5.56 Å². The van der Waals surface area contributed by atoms with Crippen LogP contribution in [0.25, 0.3) is 11.0 Å². The Morgan fingerprint density at radius 2 is 2.17 bits per heavy atom. The lowest BCUT2D eigenvalue weighted by Crippen LogP contribution is -2.26. The maximum absolute atomic E-state index is 12.0. The van der Waals surface area contributed by atoms with E-state index < -0.39 is 0 Å². The fourth-order valence-electron chi connectivity index (χ4n) is 2.30. The zero-order chi connectivity index (χ0) is 16.2. The van der Waals surface area contributed by atoms with Gasteiger partial charge in [-0.15, -0.1) is 0 Å². The van der Waals surface area contributed by atoms with Crippen LogP contribution >= 0.6 is 0 Å². The van der Waals surface area contributed by atoms with Gasteiger partial charge in [-0.3, -0.25) is 9.59 Å². The van der Waals surface area contributed by atoms with Crippen molar-refractivity contribution in [1.29, 1.82) is 0 Å². The average molecular weight is 311 g/mol. The highest BCUT2D eigenvalue weighted by Gasteiger charge is 2.09. The Morgan fingerprint density at radius 1 is 1.35 bits per heavy atom. The Labute approximate surface area is 132 Å². The molecule has 0 unspecified atom stereocenters. The van der Waals surface area contributed by atoms with Crippen LogP contribution in [0, 0.1) is 0 Å². The molecule has 7 heteroatoms. The number of carbonyl (C=O) groups excluding carboxylic acids is 1. The van der Waals surface area contributed by atoms with Crippen LogP contribution in [0.5, 0.6) is 0 Å². The Balaban J connectivity index is 1.61. The summed E-state index contributed by atoms with van der Waals surface area (Å²) in [5.74, 6) is 0.641. The van der Waals surface area contributed by atoms with Crippen molar-refractivity contribution in [3.8, 4) is 0 Å². The highest BCUT2D eigenvalue weighted by molar-refractivity contribution is 5.76. The minimum atomic E-state index is -0.249. The number of aromatic amines is 1. The predicted octanol–water partition coefficient (Wildman–Crippen LogP) is 0.906. The molecule has 0 aliphatic rings. The Morgan fingerprint density at radius 3 is 2.96 bits per heavy atom. The second kappa shape index (κ2) is 6.43. The Hall–Kier alpha value is -2.96. The van der Waals surface area contributed by atoms with E-state index in [0.717, 1.165) is 11.3 Å². The van der Waals surface area contributed by atoms with E-state index in [1.165, 1.54) is 0 Å². The van der Waals surface area contributed by atoms with Crippen molar-refractivity contribution in [2.45, 2.75) is 19.4 Å². The molecular weight excluding hydrogens is 294 g/mol. The van der Waals surface area contributed by atoms with Crippen molar-refractivity contribution in [2.24, 2.45) is 7.05 Å². The maximum Gasteiger partial charge on any atom is 0.270 e. The van der Waals surface area contributed by atoms with E-state index in [1.54, 1.807) is 12.3 Å². The summed E-state index contributed by atoms with van der Waals surface area (Å²) in [5, 5.41) is 2.79. The van der Waals surface area contributed by atoms with Crippen molar-refractivity contribution in [3.63, 3.8) is 0 Å². The number of amides is 1. The molecule has 0 saturated carbocycles. The SMILES string of the molecule is Cn1ccnc1CNC(=O)CCc1nc2ccccc2[nH]c1=O. The fraction of sp³-hybridized carbons (Fsp3) is 0.250. The first-order chi connectivity index (χ1) is 11.1. The molecule has 0 fully saturated rings. The van der Waals surface area contributed by atoms with Crippen molar-refractivity contribution in [3.05, 3.63) is 58.5 Å². The summed E-state index contributed by atoms with van der Waals surface area (Å²) in [7, 11) is 1.87. The highest BCUT2D eigenvalue weighted by atomic mass is 16.1. The van der Waals surface area contributed by atoms with Crippen LogP contribution < -0.4 is 10.9 Å². The van der Waals surface area contributed by atoms with Crippen LogP contribution in [0.1, 0.15) is 17.9 Å². The average Bonchev–Trinajstić information content (AvgIpc) is 2.96. The minimum Gasteiger partial charge on any atom is -0.349 e. The molecule has 3 rings (SSSR count). The quantitative estimate of drug-likeness (QED) is 0.732. The summed E-state index contributed by atoms with van der Waals surface area (Å²) in [6.07, 6.45) is 4.01. The molecule has 118 valence electrons. The van der Waals surface area contributed by atoms with Gasteiger partial charge in [0, 0.05) is 32.3 Å². The van der Waals surface area contributed by atoms with Crippen molar-refractivity contribution < 1.29 is 4.79 Å². The molecule has 0 aliphatic carbocycles. The third kappa shape index (κ3) is 3.45. The molecule has 0 atom stereocenters. The number of H-pyrrole nitrogens is 1. The minimum absolute atomic E-state index is 0.137. The van der Waals surface area contributed by atoms with E-state index in [-0.39, 0.29) is 17.9 Å². The number of aryl methyl sites for hydroxylation is 2. The molecule has 7 nitrogen and oxygen atoms in total. The number of para-hydroxylation sites is 2. The van der Waals surface area contributed by atoms with E-state index in [2.05, 4.69) is 20.3 Å². The Kier molecular flexibility index (Phi) is 4.18. The molecule has 2 aromatic heterocycles. The molecule has 23 heavy (non-hydrogen) atoms. The first-order valence-electron chi connectivity index (χ1n) is 7.34. The van der Waals surface area contributed by atoms with Gasteiger partial charge >= 0.3 is 0 Å². The second-order valence-corrected chi connectivity index (χ2v) is 5.26. The number of nitrogens with one attached hydrogen (secondary N) is 2. The molecule has 0 radical (unpaired) electrons. The highest BCUT2D eigenvalue weighted by Crippen LogP contribution is 2.06. The van der Waals surface area contributed by atoms with Crippen molar-refractivity contribution in [1.82, 2.24) is 24.8 Å². The summed E-state index contributed by atoms with van der Waals surface area (Å²) in [6.45, 7) is 0.365. The van der Waals surface area contributed by atoms with Crippen LogP contribution in [0.15, 0.2) is 41.5 Å². The second-order valence-electron chi connectivity index (χ2n) is 5.26. The number of fused-ring (bicyclic) bond motifs is 1. The van der Waals surface area contributed by atoms with Gasteiger partial charge in [-0.25, -0.2) is 9.97 Å². The molecule has 2 N–H and O–H groups in total. The van der Waals surface area contributed by atoms with Crippen molar-refractivity contribution in [2.75, 3.05) is 0 Å². The lowest BCUT2D eigenvalue weighted by Gasteiger charge is -2.05. The molecular formula is C16H17N5O2. The van der Waals surface area contributed by atoms with Gasteiger partial charge in [0.1, 0.15) is 11.5 Å². The molecule has 1 aromatic carbocycles. The summed E-state index contributed by atoms with van der Waals surface area (Å²) in [5.41, 5.74) is 1.53. The van der Waals surface area contributed by atoms with Gasteiger partial charge in [0.05, 0.1) is 17.6 Å². The standard InChI is InChI=1S/C16H17N5O2/c1-21-9-8-17-14(21)10-18-15(22)7-6-13-16(23)20-12-5-3-2-4-11(12)19-13/h2-5,8-9H,6-7,10H2,1H3,(H,18,22)(H,20,23). The fourth-order valence-corrected chi connectivity index (χ4v) is 2.30. The zero-order valence-corrected chi connectivity index (χ0v) is 12.7. The van der Waals surface area contributed by atoms with Gasteiger partial charge in [0.2, 0.25) is 5.91 Å². The zero-order valence-electron chi connectivity index (χ0n) is 12.7. The number of nitrogens with zero attached hydrogens (tertiary/aromatic N) is 3. The normalized spacial score (nSPS) is 10.8. The first kappa shape index (κ1) is 15.0. The lowest BCUT2D eigenvalue weighted by molar-refractivity contribution is -0.121. The van der Waals surface area contributed by atoms with E-state index in [1.807, 2.05) is 36.0 Å². The molecule has 0 spiro atoms. The number of rotatable bonds is 5. The summed E-state index contributed by atoms with van der Waals surface area (Å²) in [4.78, 5) is 35.1. The van der Waals surface area contributed by atoms with Gasteiger partial charge in [-0.05, 0) is 12.1 Å². The molecule has 1 amide bonds. The van der Waals surface area contributed by atoms with Crippen LogP contribution in [0.3, 0.4) is 0 Å². The molecule has 0 aliphatic heterocycles. The molecule has 0 bridgehead atoms. The predicted molar refractivity (Wildman–Crippen MR) is 85.7 cm³/mol. The van der Waals surface area contributed by atoms with Crippen LogP contribution in [-0.4, -0.2) is 25.4 Å². The van der Waals surface area contributed by atoms with E-state index in [0.29, 0.717) is 24.2 Å². The van der Waals surface area contributed by atoms with Gasteiger partial charge in [-0.1, -0.05) is 12.1 Å². The summed E-state index contributed by atoms with van der Waals surface area (Å²) < 4.78 is 1.84. The van der Waals surface area contributed by atoms with E-state index >= 15 is 0 Å². The first-order valence-corrected chi connectivity index (χ1v) is 7.34. The van der Waals surface area contributed by atoms with Crippen LogP contribution in [-0.2, 0) is 24.8 Å². The van der Waals surface area contributed by atoms with Crippen molar-refractivity contribution >= 4 is 16.9 Å². The molecule has 3 aromatic rings.